The summed E-state index contributed by atoms with van der Waals surface area (Å²) in [5.41, 5.74) is 1.31. The van der Waals surface area contributed by atoms with Crippen molar-refractivity contribution in [3.05, 3.63) is 15.6 Å². The molecule has 1 fully saturated rings. The summed E-state index contributed by atoms with van der Waals surface area (Å²) in [6, 6.07) is 0. The summed E-state index contributed by atoms with van der Waals surface area (Å²) in [6.45, 7) is 5.51. The third-order valence-corrected chi connectivity index (χ3v) is 6.46. The third kappa shape index (κ3) is 3.94. The molecule has 1 aliphatic heterocycles. The Labute approximate surface area is 142 Å². The Morgan fingerprint density at radius 1 is 1.35 bits per heavy atom. The first kappa shape index (κ1) is 16.9. The van der Waals surface area contributed by atoms with Crippen molar-refractivity contribution in [2.75, 3.05) is 13.1 Å². The van der Waals surface area contributed by atoms with Gasteiger partial charge in [0, 0.05) is 23.9 Å². The van der Waals surface area contributed by atoms with Crippen LogP contribution in [0.1, 0.15) is 67.4 Å². The molecule has 1 saturated heterocycles. The van der Waals surface area contributed by atoms with Gasteiger partial charge in [-0.1, -0.05) is 13.8 Å². The SMILES string of the molecule is CC(C)C(O)CC(=O)N1CCCC(c2nc3c(s2)CCCC3)C1. The summed E-state index contributed by atoms with van der Waals surface area (Å²) >= 11 is 1.88. The predicted molar refractivity (Wildman–Crippen MR) is 92.8 cm³/mol. The second-order valence-corrected chi connectivity index (χ2v) is 8.44. The minimum Gasteiger partial charge on any atom is -0.392 e. The molecule has 2 heterocycles. The molecule has 1 N–H and O–H groups in total. The Kier molecular flexibility index (Phi) is 5.37. The van der Waals surface area contributed by atoms with Crippen molar-refractivity contribution in [3.8, 4) is 0 Å². The molecular weight excluding hydrogens is 308 g/mol. The van der Waals surface area contributed by atoms with Crippen LogP contribution < -0.4 is 0 Å². The van der Waals surface area contributed by atoms with Crippen LogP contribution in [0.4, 0.5) is 0 Å². The minimum atomic E-state index is -0.532. The number of thiazole rings is 1. The summed E-state index contributed by atoms with van der Waals surface area (Å²) in [5, 5.41) is 11.2. The van der Waals surface area contributed by atoms with Gasteiger partial charge in [-0.3, -0.25) is 4.79 Å². The predicted octanol–water partition coefficient (Wildman–Crippen LogP) is 3.13. The van der Waals surface area contributed by atoms with Crippen LogP contribution in [0, 0.1) is 5.92 Å². The van der Waals surface area contributed by atoms with Gasteiger partial charge in [-0.05, 0) is 44.4 Å². The van der Waals surface area contributed by atoms with E-state index >= 15 is 0 Å². The number of aliphatic hydroxyl groups is 1. The van der Waals surface area contributed by atoms with Crippen LogP contribution in [0.25, 0.3) is 0 Å². The normalized spacial score (nSPS) is 23.0. The van der Waals surface area contributed by atoms with Crippen molar-refractivity contribution < 1.29 is 9.90 Å². The van der Waals surface area contributed by atoms with Crippen molar-refractivity contribution in [1.29, 1.82) is 0 Å². The van der Waals surface area contributed by atoms with E-state index in [1.54, 1.807) is 0 Å². The van der Waals surface area contributed by atoms with Gasteiger partial charge in [-0.2, -0.15) is 0 Å². The molecule has 2 atom stereocenters. The van der Waals surface area contributed by atoms with Gasteiger partial charge in [0.25, 0.3) is 0 Å². The molecule has 0 radical (unpaired) electrons. The largest absolute Gasteiger partial charge is 0.392 e. The summed E-state index contributed by atoms with van der Waals surface area (Å²) < 4.78 is 0. The Morgan fingerprint density at radius 3 is 2.87 bits per heavy atom. The van der Waals surface area contributed by atoms with E-state index in [1.165, 1.54) is 34.8 Å². The average molecular weight is 337 g/mol. The van der Waals surface area contributed by atoms with Crippen molar-refractivity contribution in [2.24, 2.45) is 5.92 Å². The van der Waals surface area contributed by atoms with Crippen LogP contribution in [0.15, 0.2) is 0 Å². The second-order valence-electron chi connectivity index (χ2n) is 7.32. The molecule has 2 aliphatic rings. The number of hydrogen-bond acceptors (Lipinski definition) is 4. The number of nitrogens with zero attached hydrogens (tertiary/aromatic N) is 2. The number of aromatic nitrogens is 1. The van der Waals surface area contributed by atoms with E-state index in [1.807, 2.05) is 30.1 Å². The number of carbonyl (C=O) groups is 1. The zero-order valence-electron chi connectivity index (χ0n) is 14.3. The van der Waals surface area contributed by atoms with Crippen LogP contribution in [0.5, 0.6) is 0 Å². The Bertz CT molecular complexity index is 532. The molecule has 1 aromatic rings. The van der Waals surface area contributed by atoms with E-state index < -0.39 is 6.10 Å². The lowest BCUT2D eigenvalue weighted by Gasteiger charge is -2.32. The van der Waals surface area contributed by atoms with Crippen molar-refractivity contribution in [2.45, 2.75) is 70.8 Å². The quantitative estimate of drug-likeness (QED) is 0.919. The molecule has 0 saturated carbocycles. The zero-order valence-corrected chi connectivity index (χ0v) is 15.1. The molecule has 1 amide bonds. The number of likely N-dealkylation sites (tertiary alicyclic amines) is 1. The Morgan fingerprint density at radius 2 is 2.13 bits per heavy atom. The molecule has 0 aromatic carbocycles. The first-order chi connectivity index (χ1) is 11.0. The van der Waals surface area contributed by atoms with Crippen LogP contribution in [-0.2, 0) is 17.6 Å². The van der Waals surface area contributed by atoms with Crippen molar-refractivity contribution in [1.82, 2.24) is 9.88 Å². The molecule has 23 heavy (non-hydrogen) atoms. The summed E-state index contributed by atoms with van der Waals surface area (Å²) in [5.74, 6) is 0.613. The van der Waals surface area contributed by atoms with Gasteiger partial charge in [0.15, 0.2) is 0 Å². The third-order valence-electron chi connectivity index (χ3n) is 5.14. The first-order valence-corrected chi connectivity index (χ1v) is 9.80. The van der Waals surface area contributed by atoms with Crippen LogP contribution in [0.3, 0.4) is 0 Å². The molecule has 4 nitrogen and oxygen atoms in total. The van der Waals surface area contributed by atoms with Crippen LogP contribution in [0.2, 0.25) is 0 Å². The summed E-state index contributed by atoms with van der Waals surface area (Å²) in [6.07, 6.45) is 6.75. The lowest BCUT2D eigenvalue weighted by Crippen LogP contribution is -2.41. The van der Waals surface area contributed by atoms with Gasteiger partial charge in [-0.15, -0.1) is 11.3 Å². The van der Waals surface area contributed by atoms with E-state index in [4.69, 9.17) is 4.98 Å². The molecule has 128 valence electrons. The number of rotatable bonds is 4. The zero-order chi connectivity index (χ0) is 16.4. The van der Waals surface area contributed by atoms with Crippen molar-refractivity contribution >= 4 is 17.2 Å². The lowest BCUT2D eigenvalue weighted by atomic mass is 9.97. The van der Waals surface area contributed by atoms with E-state index in [-0.39, 0.29) is 18.2 Å². The fraction of sp³-hybridized carbons (Fsp3) is 0.778. The second kappa shape index (κ2) is 7.31. The fourth-order valence-electron chi connectivity index (χ4n) is 3.50. The molecule has 0 bridgehead atoms. The molecule has 0 spiro atoms. The van der Waals surface area contributed by atoms with E-state index in [0.29, 0.717) is 5.92 Å². The number of aliphatic hydroxyl groups excluding tert-OH is 1. The maximum atomic E-state index is 12.4. The number of aryl methyl sites for hydroxylation is 2. The van der Waals surface area contributed by atoms with Crippen molar-refractivity contribution in [3.63, 3.8) is 0 Å². The highest BCUT2D eigenvalue weighted by atomic mass is 32.1. The van der Waals surface area contributed by atoms with Gasteiger partial charge in [0.05, 0.1) is 23.2 Å². The number of amides is 1. The standard InChI is InChI=1S/C18H28N2O2S/c1-12(2)15(21)10-17(22)20-9-5-6-13(11-20)18-19-14-7-3-4-8-16(14)23-18/h12-13,15,21H,3-11H2,1-2H3. The highest BCUT2D eigenvalue weighted by molar-refractivity contribution is 7.11. The van der Waals surface area contributed by atoms with Gasteiger partial charge in [0.1, 0.15) is 0 Å². The summed E-state index contributed by atoms with van der Waals surface area (Å²) in [7, 11) is 0. The van der Waals surface area contributed by atoms with E-state index in [2.05, 4.69) is 0 Å². The summed E-state index contributed by atoms with van der Waals surface area (Å²) in [4.78, 5) is 20.7. The van der Waals surface area contributed by atoms with Gasteiger partial charge < -0.3 is 10.0 Å². The minimum absolute atomic E-state index is 0.0946. The molecule has 1 aliphatic carbocycles. The molecule has 2 unspecified atom stereocenters. The molecule has 3 rings (SSSR count). The monoisotopic (exact) mass is 336 g/mol. The van der Waals surface area contributed by atoms with Crippen LogP contribution in [-0.4, -0.2) is 40.1 Å². The smallest absolute Gasteiger partial charge is 0.225 e. The number of fused-ring (bicyclic) bond motifs is 1. The maximum absolute atomic E-state index is 12.4. The molecular formula is C18H28N2O2S. The number of carbonyl (C=O) groups excluding carboxylic acids is 1. The van der Waals surface area contributed by atoms with Crippen LogP contribution >= 0.6 is 11.3 Å². The van der Waals surface area contributed by atoms with Gasteiger partial charge in [-0.25, -0.2) is 4.98 Å². The number of hydrogen-bond donors (Lipinski definition) is 1. The Hall–Kier alpha value is -0.940. The van der Waals surface area contributed by atoms with Gasteiger partial charge in [0.2, 0.25) is 5.91 Å². The Balaban J connectivity index is 1.64. The molecule has 5 heteroatoms. The number of piperidine rings is 1. The highest BCUT2D eigenvalue weighted by Gasteiger charge is 2.29. The highest BCUT2D eigenvalue weighted by Crippen LogP contribution is 2.34. The average Bonchev–Trinajstić information content (AvgIpc) is 2.99. The topological polar surface area (TPSA) is 53.4 Å². The van der Waals surface area contributed by atoms with E-state index in [9.17, 15) is 9.90 Å². The molecule has 1 aromatic heterocycles. The lowest BCUT2D eigenvalue weighted by molar-refractivity contribution is -0.135. The van der Waals surface area contributed by atoms with E-state index in [0.717, 1.165) is 32.4 Å². The maximum Gasteiger partial charge on any atom is 0.225 e. The van der Waals surface area contributed by atoms with Gasteiger partial charge >= 0.3 is 0 Å². The first-order valence-electron chi connectivity index (χ1n) is 8.99. The fourth-order valence-corrected chi connectivity index (χ4v) is 4.77.